The van der Waals surface area contributed by atoms with Gasteiger partial charge in [-0.15, -0.1) is 0 Å². The summed E-state index contributed by atoms with van der Waals surface area (Å²) in [5.74, 6) is 2.23. The first kappa shape index (κ1) is 14.1. The molecule has 1 atom stereocenters. The van der Waals surface area contributed by atoms with Crippen LogP contribution < -0.4 is 10.2 Å². The molecule has 5 heteroatoms. The van der Waals surface area contributed by atoms with Gasteiger partial charge < -0.3 is 14.6 Å². The number of aryl methyl sites for hydroxylation is 1. The van der Waals surface area contributed by atoms with Crippen LogP contribution in [0.25, 0.3) is 0 Å². The first-order valence-corrected chi connectivity index (χ1v) is 6.48. The molecule has 106 valence electrons. The van der Waals surface area contributed by atoms with Crippen molar-refractivity contribution in [2.24, 2.45) is 0 Å². The molecule has 0 aliphatic carbocycles. The van der Waals surface area contributed by atoms with Crippen molar-refractivity contribution >= 4 is 11.7 Å². The summed E-state index contributed by atoms with van der Waals surface area (Å²) >= 11 is 0. The number of furan rings is 1. The highest BCUT2D eigenvalue weighted by molar-refractivity contribution is 5.94. The average molecular weight is 273 g/mol. The molecule has 20 heavy (non-hydrogen) atoms. The van der Waals surface area contributed by atoms with E-state index < -0.39 is 0 Å². The van der Waals surface area contributed by atoms with Gasteiger partial charge >= 0.3 is 0 Å². The van der Waals surface area contributed by atoms with E-state index in [0.29, 0.717) is 5.56 Å². The zero-order chi connectivity index (χ0) is 14.7. The number of nitrogens with one attached hydrogen (secondary N) is 1. The Balaban J connectivity index is 2.04. The van der Waals surface area contributed by atoms with Gasteiger partial charge in [-0.25, -0.2) is 4.98 Å². The van der Waals surface area contributed by atoms with Gasteiger partial charge in [0.1, 0.15) is 17.3 Å². The van der Waals surface area contributed by atoms with E-state index >= 15 is 0 Å². The van der Waals surface area contributed by atoms with Gasteiger partial charge in [0.25, 0.3) is 5.91 Å². The van der Waals surface area contributed by atoms with Crippen LogP contribution in [0.4, 0.5) is 5.82 Å². The zero-order valence-electron chi connectivity index (χ0n) is 12.2. The van der Waals surface area contributed by atoms with Gasteiger partial charge in [-0.05, 0) is 38.1 Å². The van der Waals surface area contributed by atoms with E-state index in [2.05, 4.69) is 10.3 Å². The molecule has 0 aliphatic rings. The maximum Gasteiger partial charge on any atom is 0.253 e. The molecular weight excluding hydrogens is 254 g/mol. The number of carbonyl (C=O) groups excluding carboxylic acids is 1. The summed E-state index contributed by atoms with van der Waals surface area (Å²) < 4.78 is 5.50. The Bertz CT molecular complexity index is 587. The fraction of sp³-hybridized carbons (Fsp3) is 0.333. The molecule has 2 heterocycles. The molecule has 0 radical (unpaired) electrons. The smallest absolute Gasteiger partial charge is 0.253 e. The van der Waals surface area contributed by atoms with Gasteiger partial charge in [0.2, 0.25) is 0 Å². The number of hydrogen-bond donors (Lipinski definition) is 1. The fourth-order valence-corrected chi connectivity index (χ4v) is 1.82. The van der Waals surface area contributed by atoms with Crippen molar-refractivity contribution in [3.05, 3.63) is 47.5 Å². The van der Waals surface area contributed by atoms with Gasteiger partial charge in [-0.3, -0.25) is 4.79 Å². The van der Waals surface area contributed by atoms with Crippen molar-refractivity contribution in [1.29, 1.82) is 0 Å². The molecule has 0 fully saturated rings. The Labute approximate surface area is 118 Å². The summed E-state index contributed by atoms with van der Waals surface area (Å²) in [5, 5.41) is 2.89. The molecule has 2 rings (SSSR count). The lowest BCUT2D eigenvalue weighted by atomic mass is 10.2. The van der Waals surface area contributed by atoms with E-state index in [9.17, 15) is 4.79 Å². The van der Waals surface area contributed by atoms with Gasteiger partial charge in [-0.2, -0.15) is 0 Å². The second-order valence-electron chi connectivity index (χ2n) is 4.94. The number of hydrogen-bond acceptors (Lipinski definition) is 4. The highest BCUT2D eigenvalue weighted by atomic mass is 16.3. The van der Waals surface area contributed by atoms with Crippen LogP contribution in [0, 0.1) is 6.92 Å². The van der Waals surface area contributed by atoms with Crippen LogP contribution >= 0.6 is 0 Å². The van der Waals surface area contributed by atoms with Crippen molar-refractivity contribution < 1.29 is 9.21 Å². The lowest BCUT2D eigenvalue weighted by Gasteiger charge is -2.13. The third-order valence-electron chi connectivity index (χ3n) is 3.00. The minimum Gasteiger partial charge on any atom is -0.464 e. The molecule has 0 aliphatic heterocycles. The summed E-state index contributed by atoms with van der Waals surface area (Å²) in [6.07, 6.45) is 1.57. The van der Waals surface area contributed by atoms with Crippen molar-refractivity contribution in [3.63, 3.8) is 0 Å². The van der Waals surface area contributed by atoms with Gasteiger partial charge in [0.15, 0.2) is 0 Å². The number of anilines is 1. The number of pyridine rings is 1. The predicted octanol–water partition coefficient (Wildman–Crippen LogP) is 2.54. The Morgan fingerprint density at radius 1 is 1.30 bits per heavy atom. The molecule has 2 aromatic heterocycles. The fourth-order valence-electron chi connectivity index (χ4n) is 1.82. The monoisotopic (exact) mass is 273 g/mol. The molecule has 0 saturated carbocycles. The van der Waals surface area contributed by atoms with Crippen molar-refractivity contribution in [2.75, 3.05) is 19.0 Å². The molecule has 0 spiro atoms. The molecule has 1 N–H and O–H groups in total. The van der Waals surface area contributed by atoms with Crippen LogP contribution in [0.1, 0.15) is 34.8 Å². The molecule has 5 nitrogen and oxygen atoms in total. The normalized spacial score (nSPS) is 12.0. The zero-order valence-corrected chi connectivity index (χ0v) is 12.2. The summed E-state index contributed by atoms with van der Waals surface area (Å²) in [4.78, 5) is 18.2. The Hall–Kier alpha value is -2.30. The van der Waals surface area contributed by atoms with E-state index in [1.165, 1.54) is 0 Å². The van der Waals surface area contributed by atoms with E-state index in [0.717, 1.165) is 17.3 Å². The Morgan fingerprint density at radius 2 is 2.05 bits per heavy atom. The molecular formula is C15H19N3O2. The SMILES string of the molecule is Cc1ccc(C(C)NC(=O)c2ccc(N(C)C)nc2)o1. The van der Waals surface area contributed by atoms with E-state index in [4.69, 9.17) is 4.42 Å². The number of rotatable bonds is 4. The maximum atomic E-state index is 12.1. The Morgan fingerprint density at radius 3 is 2.55 bits per heavy atom. The summed E-state index contributed by atoms with van der Waals surface area (Å²) in [7, 11) is 3.81. The van der Waals surface area contributed by atoms with E-state index in [1.54, 1.807) is 12.3 Å². The quantitative estimate of drug-likeness (QED) is 0.930. The van der Waals surface area contributed by atoms with Crippen LogP contribution in [0.15, 0.2) is 34.9 Å². The standard InChI is InChI=1S/C15H19N3O2/c1-10-5-7-13(20-10)11(2)17-15(19)12-6-8-14(16-9-12)18(3)4/h5-9,11H,1-4H3,(H,17,19). The Kier molecular flexibility index (Phi) is 4.08. The molecule has 2 aromatic rings. The second-order valence-corrected chi connectivity index (χ2v) is 4.94. The van der Waals surface area contributed by atoms with Gasteiger partial charge in [-0.1, -0.05) is 0 Å². The van der Waals surface area contributed by atoms with Crippen LogP contribution in [-0.2, 0) is 0 Å². The highest BCUT2D eigenvalue weighted by Crippen LogP contribution is 2.16. The number of carbonyl (C=O) groups is 1. The van der Waals surface area contributed by atoms with E-state index in [1.807, 2.05) is 51.0 Å². The predicted molar refractivity (Wildman–Crippen MR) is 77.9 cm³/mol. The first-order valence-electron chi connectivity index (χ1n) is 6.48. The minimum atomic E-state index is -0.176. The highest BCUT2D eigenvalue weighted by Gasteiger charge is 2.14. The van der Waals surface area contributed by atoms with Crippen molar-refractivity contribution in [3.8, 4) is 0 Å². The van der Waals surface area contributed by atoms with Crippen molar-refractivity contribution in [1.82, 2.24) is 10.3 Å². The number of aromatic nitrogens is 1. The van der Waals surface area contributed by atoms with Gasteiger partial charge in [0, 0.05) is 20.3 Å². The number of amides is 1. The third-order valence-corrected chi connectivity index (χ3v) is 3.00. The van der Waals surface area contributed by atoms with E-state index in [-0.39, 0.29) is 11.9 Å². The lowest BCUT2D eigenvalue weighted by Crippen LogP contribution is -2.26. The van der Waals surface area contributed by atoms with Crippen molar-refractivity contribution in [2.45, 2.75) is 19.9 Å². The van der Waals surface area contributed by atoms with Gasteiger partial charge in [0.05, 0.1) is 11.6 Å². The topological polar surface area (TPSA) is 58.4 Å². The molecule has 0 saturated heterocycles. The van der Waals surface area contributed by atoms with Crippen LogP contribution in [0.3, 0.4) is 0 Å². The summed E-state index contributed by atoms with van der Waals surface area (Å²) in [5.41, 5.74) is 0.533. The van der Waals surface area contributed by atoms with Crippen LogP contribution in [-0.4, -0.2) is 25.0 Å². The largest absolute Gasteiger partial charge is 0.464 e. The average Bonchev–Trinajstić information content (AvgIpc) is 2.85. The molecule has 0 aromatic carbocycles. The molecule has 1 unspecified atom stereocenters. The molecule has 0 bridgehead atoms. The van der Waals surface area contributed by atoms with Crippen LogP contribution in [0.5, 0.6) is 0 Å². The summed E-state index contributed by atoms with van der Waals surface area (Å²) in [6, 6.07) is 7.15. The first-order chi connectivity index (χ1) is 9.47. The maximum absolute atomic E-state index is 12.1. The summed E-state index contributed by atoms with van der Waals surface area (Å²) in [6.45, 7) is 3.76. The molecule has 1 amide bonds. The third kappa shape index (κ3) is 3.17. The minimum absolute atomic E-state index is 0.163. The van der Waals surface area contributed by atoms with Crippen LogP contribution in [0.2, 0.25) is 0 Å². The second kappa shape index (κ2) is 5.77. The lowest BCUT2D eigenvalue weighted by molar-refractivity contribution is 0.0935. The number of nitrogens with zero attached hydrogens (tertiary/aromatic N) is 2.